The number of nitrogens with zero attached hydrogens (tertiary/aromatic N) is 1. The molecule has 4 heteroatoms. The molecule has 1 amide bonds. The Hall–Kier alpha value is -1.83. The van der Waals surface area contributed by atoms with E-state index in [4.69, 9.17) is 5.11 Å². The summed E-state index contributed by atoms with van der Waals surface area (Å²) in [6, 6.07) is 7.63. The fourth-order valence-electron chi connectivity index (χ4n) is 2.73. The molecule has 1 atom stereocenters. The number of aliphatic hydroxyl groups excluding tert-OH is 1. The van der Waals surface area contributed by atoms with Crippen molar-refractivity contribution in [3.05, 3.63) is 35.4 Å². The molecule has 1 fully saturated rings. The van der Waals surface area contributed by atoms with Crippen molar-refractivity contribution >= 4 is 5.91 Å². The molecule has 2 N–H and O–H groups in total. The van der Waals surface area contributed by atoms with Gasteiger partial charge in [0, 0.05) is 23.7 Å². The number of rotatable bonds is 4. The number of hydrogen-bond donors (Lipinski definition) is 2. The molecule has 0 aromatic heterocycles. The maximum Gasteiger partial charge on any atom is 0.251 e. The Bertz CT molecular complexity index is 545. The molecule has 1 aliphatic heterocycles. The lowest BCUT2D eigenvalue weighted by Gasteiger charge is -2.22. The minimum Gasteiger partial charge on any atom is -0.384 e. The standard InChI is InChI=1S/C17H22N2O2/c1-2-19-10-4-9-16(19)13-18-17(21)15-8-3-6-14(12-15)7-5-11-20/h3,6,8,12,16,20H,2,4,9-11,13H2,1H3,(H,18,21). The molecule has 0 bridgehead atoms. The fraction of sp³-hybridized carbons (Fsp3) is 0.471. The summed E-state index contributed by atoms with van der Waals surface area (Å²) in [5.41, 5.74) is 1.36. The highest BCUT2D eigenvalue weighted by atomic mass is 16.2. The zero-order valence-corrected chi connectivity index (χ0v) is 12.4. The van der Waals surface area contributed by atoms with Gasteiger partial charge in [0.25, 0.3) is 5.91 Å². The van der Waals surface area contributed by atoms with Crippen LogP contribution in [0.25, 0.3) is 0 Å². The first kappa shape index (κ1) is 15.6. The van der Waals surface area contributed by atoms with Gasteiger partial charge in [-0.1, -0.05) is 24.8 Å². The van der Waals surface area contributed by atoms with Crippen LogP contribution in [-0.4, -0.2) is 48.2 Å². The number of benzene rings is 1. The monoisotopic (exact) mass is 286 g/mol. The normalized spacial score (nSPS) is 18.1. The molecule has 1 aromatic carbocycles. The molecule has 1 aliphatic rings. The van der Waals surface area contributed by atoms with Crippen LogP contribution >= 0.6 is 0 Å². The molecule has 1 unspecified atom stereocenters. The van der Waals surface area contributed by atoms with Gasteiger partial charge in [0.05, 0.1) is 0 Å². The van der Waals surface area contributed by atoms with E-state index in [0.717, 1.165) is 25.1 Å². The predicted octanol–water partition coefficient (Wildman–Crippen LogP) is 1.24. The molecular formula is C17H22N2O2. The molecule has 0 saturated carbocycles. The third-order valence-corrected chi connectivity index (χ3v) is 3.84. The lowest BCUT2D eigenvalue weighted by Crippen LogP contribution is -2.40. The minimum absolute atomic E-state index is 0.0643. The lowest BCUT2D eigenvalue weighted by molar-refractivity contribution is 0.0941. The van der Waals surface area contributed by atoms with Crippen LogP contribution < -0.4 is 5.32 Å². The van der Waals surface area contributed by atoms with E-state index in [1.807, 2.05) is 12.1 Å². The molecule has 21 heavy (non-hydrogen) atoms. The van der Waals surface area contributed by atoms with Crippen LogP contribution in [0.15, 0.2) is 24.3 Å². The highest BCUT2D eigenvalue weighted by molar-refractivity contribution is 5.94. The molecule has 1 saturated heterocycles. The highest BCUT2D eigenvalue weighted by Crippen LogP contribution is 2.15. The number of carbonyl (C=O) groups is 1. The first-order valence-corrected chi connectivity index (χ1v) is 7.46. The molecule has 4 nitrogen and oxygen atoms in total. The summed E-state index contributed by atoms with van der Waals surface area (Å²) in [6.45, 7) is 4.84. The number of carbonyl (C=O) groups excluding carboxylic acids is 1. The number of hydrogen-bond acceptors (Lipinski definition) is 3. The van der Waals surface area contributed by atoms with Gasteiger partial charge >= 0.3 is 0 Å². The van der Waals surface area contributed by atoms with E-state index in [1.54, 1.807) is 12.1 Å². The van der Waals surface area contributed by atoms with Crippen molar-refractivity contribution in [1.82, 2.24) is 10.2 Å². The molecule has 1 heterocycles. The largest absolute Gasteiger partial charge is 0.384 e. The zero-order chi connectivity index (χ0) is 15.1. The van der Waals surface area contributed by atoms with Gasteiger partial charge in [-0.3, -0.25) is 9.69 Å². The number of likely N-dealkylation sites (tertiary alicyclic amines) is 1. The van der Waals surface area contributed by atoms with Crippen LogP contribution in [0.2, 0.25) is 0 Å². The van der Waals surface area contributed by atoms with E-state index in [-0.39, 0.29) is 12.5 Å². The first-order valence-electron chi connectivity index (χ1n) is 7.46. The first-order chi connectivity index (χ1) is 10.2. The van der Waals surface area contributed by atoms with Crippen molar-refractivity contribution in [2.45, 2.75) is 25.8 Å². The van der Waals surface area contributed by atoms with Gasteiger partial charge < -0.3 is 10.4 Å². The minimum atomic E-state index is -0.176. The van der Waals surface area contributed by atoms with E-state index >= 15 is 0 Å². The second-order valence-electron chi connectivity index (χ2n) is 5.18. The van der Waals surface area contributed by atoms with Crippen molar-refractivity contribution in [2.24, 2.45) is 0 Å². The number of nitrogens with one attached hydrogen (secondary N) is 1. The molecule has 0 spiro atoms. The second-order valence-corrected chi connectivity index (χ2v) is 5.18. The Morgan fingerprint density at radius 2 is 2.38 bits per heavy atom. The molecule has 0 radical (unpaired) electrons. The van der Waals surface area contributed by atoms with Crippen LogP contribution in [0.5, 0.6) is 0 Å². The summed E-state index contributed by atoms with van der Waals surface area (Å²) in [7, 11) is 0. The Balaban J connectivity index is 1.94. The summed E-state index contributed by atoms with van der Waals surface area (Å²) in [5.74, 6) is 5.34. The average molecular weight is 286 g/mol. The Morgan fingerprint density at radius 3 is 3.14 bits per heavy atom. The van der Waals surface area contributed by atoms with Crippen LogP contribution in [0.1, 0.15) is 35.7 Å². The van der Waals surface area contributed by atoms with Gasteiger partial charge in [0.1, 0.15) is 6.61 Å². The van der Waals surface area contributed by atoms with Crippen molar-refractivity contribution in [1.29, 1.82) is 0 Å². The number of likely N-dealkylation sites (N-methyl/N-ethyl adjacent to an activating group) is 1. The molecule has 1 aromatic rings. The Labute approximate surface area is 126 Å². The fourth-order valence-corrected chi connectivity index (χ4v) is 2.73. The second kappa shape index (κ2) is 7.82. The Kier molecular flexibility index (Phi) is 5.79. The molecular weight excluding hydrogens is 264 g/mol. The summed E-state index contributed by atoms with van der Waals surface area (Å²) in [6.07, 6.45) is 2.36. The van der Waals surface area contributed by atoms with E-state index in [9.17, 15) is 4.79 Å². The number of amides is 1. The highest BCUT2D eigenvalue weighted by Gasteiger charge is 2.23. The van der Waals surface area contributed by atoms with Gasteiger partial charge in [0.15, 0.2) is 0 Å². The average Bonchev–Trinajstić information content (AvgIpc) is 2.98. The third kappa shape index (κ3) is 4.32. The van der Waals surface area contributed by atoms with Crippen molar-refractivity contribution in [3.63, 3.8) is 0 Å². The van der Waals surface area contributed by atoms with E-state index < -0.39 is 0 Å². The molecule has 112 valence electrons. The Morgan fingerprint density at radius 1 is 1.52 bits per heavy atom. The predicted molar refractivity (Wildman–Crippen MR) is 83.0 cm³/mol. The van der Waals surface area contributed by atoms with E-state index in [2.05, 4.69) is 29.0 Å². The van der Waals surface area contributed by atoms with Crippen molar-refractivity contribution < 1.29 is 9.90 Å². The topological polar surface area (TPSA) is 52.6 Å². The van der Waals surface area contributed by atoms with Gasteiger partial charge in [-0.15, -0.1) is 0 Å². The van der Waals surface area contributed by atoms with E-state index in [0.29, 0.717) is 18.2 Å². The van der Waals surface area contributed by atoms with Crippen LogP contribution in [0, 0.1) is 11.8 Å². The van der Waals surface area contributed by atoms with Gasteiger partial charge in [-0.25, -0.2) is 0 Å². The summed E-state index contributed by atoms with van der Waals surface area (Å²) in [5, 5.41) is 11.7. The van der Waals surface area contributed by atoms with E-state index in [1.165, 1.54) is 6.42 Å². The maximum atomic E-state index is 12.2. The summed E-state index contributed by atoms with van der Waals surface area (Å²) < 4.78 is 0. The third-order valence-electron chi connectivity index (χ3n) is 3.84. The maximum absolute atomic E-state index is 12.2. The van der Waals surface area contributed by atoms with Crippen LogP contribution in [0.3, 0.4) is 0 Å². The van der Waals surface area contributed by atoms with Gasteiger partial charge in [-0.05, 0) is 44.1 Å². The SMILES string of the molecule is CCN1CCCC1CNC(=O)c1cccc(C#CCO)c1. The smallest absolute Gasteiger partial charge is 0.251 e. The molecule has 2 rings (SSSR count). The summed E-state index contributed by atoms with van der Waals surface area (Å²) >= 11 is 0. The lowest BCUT2D eigenvalue weighted by atomic mass is 10.1. The van der Waals surface area contributed by atoms with Gasteiger partial charge in [-0.2, -0.15) is 0 Å². The summed E-state index contributed by atoms with van der Waals surface area (Å²) in [4.78, 5) is 14.6. The van der Waals surface area contributed by atoms with Gasteiger partial charge in [0.2, 0.25) is 0 Å². The van der Waals surface area contributed by atoms with Crippen molar-refractivity contribution in [2.75, 3.05) is 26.2 Å². The van der Waals surface area contributed by atoms with Crippen LogP contribution in [0.4, 0.5) is 0 Å². The zero-order valence-electron chi connectivity index (χ0n) is 12.4. The quantitative estimate of drug-likeness (QED) is 0.819. The number of aliphatic hydroxyl groups is 1. The van der Waals surface area contributed by atoms with Crippen LogP contribution in [-0.2, 0) is 0 Å². The molecule has 0 aliphatic carbocycles. The van der Waals surface area contributed by atoms with Crippen molar-refractivity contribution in [3.8, 4) is 11.8 Å².